The normalized spacial score (nSPS) is 14.1. The van der Waals surface area contributed by atoms with Crippen LogP contribution in [0, 0.1) is 0 Å². The zero-order valence-electron chi connectivity index (χ0n) is 16.2. The lowest BCUT2D eigenvalue weighted by Crippen LogP contribution is -2.36. The van der Waals surface area contributed by atoms with Gasteiger partial charge in [0.1, 0.15) is 0 Å². The predicted octanol–water partition coefficient (Wildman–Crippen LogP) is 2.90. The van der Waals surface area contributed by atoms with Crippen LogP contribution in [0.25, 0.3) is 0 Å². The van der Waals surface area contributed by atoms with Gasteiger partial charge in [0.15, 0.2) is 0 Å². The Morgan fingerprint density at radius 3 is 2.31 bits per heavy atom. The van der Waals surface area contributed by atoms with Crippen LogP contribution in [-0.4, -0.2) is 30.3 Å². The Bertz CT molecular complexity index is 874. The van der Waals surface area contributed by atoms with Gasteiger partial charge in [0.2, 0.25) is 11.8 Å². The number of primary amides is 1. The van der Waals surface area contributed by atoms with Gasteiger partial charge in [0, 0.05) is 28.5 Å². The molecule has 1 saturated carbocycles. The SMILES string of the molecule is NC(=O)c1cccc(NCC(=O)Nc2ccc(C(=O)NC3CCCCC3)cc2)c1. The van der Waals surface area contributed by atoms with Crippen LogP contribution >= 0.6 is 0 Å². The molecule has 0 saturated heterocycles. The summed E-state index contributed by atoms with van der Waals surface area (Å²) in [4.78, 5) is 35.7. The highest BCUT2D eigenvalue weighted by molar-refractivity contribution is 5.97. The lowest BCUT2D eigenvalue weighted by atomic mass is 9.95. The van der Waals surface area contributed by atoms with E-state index in [4.69, 9.17) is 5.73 Å². The van der Waals surface area contributed by atoms with Crippen molar-refractivity contribution in [1.82, 2.24) is 5.32 Å². The summed E-state index contributed by atoms with van der Waals surface area (Å²) >= 11 is 0. The van der Waals surface area contributed by atoms with Gasteiger partial charge in [-0.1, -0.05) is 25.3 Å². The highest BCUT2D eigenvalue weighted by Crippen LogP contribution is 2.18. The maximum absolute atomic E-state index is 12.3. The molecule has 2 aromatic carbocycles. The summed E-state index contributed by atoms with van der Waals surface area (Å²) in [5.74, 6) is -0.842. The molecule has 7 nitrogen and oxygen atoms in total. The van der Waals surface area contributed by atoms with E-state index in [0.717, 1.165) is 25.7 Å². The number of anilines is 2. The average Bonchev–Trinajstić information content (AvgIpc) is 2.73. The third-order valence-electron chi connectivity index (χ3n) is 4.97. The minimum Gasteiger partial charge on any atom is -0.376 e. The van der Waals surface area contributed by atoms with Crippen molar-refractivity contribution in [3.8, 4) is 0 Å². The molecule has 7 heteroatoms. The highest BCUT2D eigenvalue weighted by atomic mass is 16.2. The van der Waals surface area contributed by atoms with Gasteiger partial charge < -0.3 is 21.7 Å². The second-order valence-corrected chi connectivity index (χ2v) is 7.23. The molecule has 0 bridgehead atoms. The topological polar surface area (TPSA) is 113 Å². The van der Waals surface area contributed by atoms with E-state index < -0.39 is 5.91 Å². The van der Waals surface area contributed by atoms with Crippen molar-refractivity contribution in [1.29, 1.82) is 0 Å². The molecule has 3 rings (SSSR count). The molecular weight excluding hydrogens is 368 g/mol. The second kappa shape index (κ2) is 9.73. The number of hydrogen-bond acceptors (Lipinski definition) is 4. The first-order chi connectivity index (χ1) is 14.0. The molecule has 1 aliphatic rings. The Morgan fingerprint density at radius 1 is 0.897 bits per heavy atom. The van der Waals surface area contributed by atoms with Crippen LogP contribution in [0.5, 0.6) is 0 Å². The number of benzene rings is 2. The van der Waals surface area contributed by atoms with Crippen LogP contribution in [0.4, 0.5) is 11.4 Å². The minimum absolute atomic E-state index is 0.0339. The quantitative estimate of drug-likeness (QED) is 0.578. The number of nitrogens with one attached hydrogen (secondary N) is 3. The Morgan fingerprint density at radius 2 is 1.62 bits per heavy atom. The monoisotopic (exact) mass is 394 g/mol. The lowest BCUT2D eigenvalue weighted by Gasteiger charge is -2.22. The van der Waals surface area contributed by atoms with Crippen molar-refractivity contribution in [2.24, 2.45) is 5.73 Å². The molecule has 152 valence electrons. The van der Waals surface area contributed by atoms with Crippen molar-refractivity contribution in [2.45, 2.75) is 38.1 Å². The number of carbonyl (C=O) groups excluding carboxylic acids is 3. The molecule has 0 spiro atoms. The van der Waals surface area contributed by atoms with Crippen molar-refractivity contribution in [2.75, 3.05) is 17.2 Å². The van der Waals surface area contributed by atoms with Crippen molar-refractivity contribution >= 4 is 29.1 Å². The van der Waals surface area contributed by atoms with Gasteiger partial charge in [0.05, 0.1) is 6.54 Å². The molecule has 0 unspecified atom stereocenters. The Hall–Kier alpha value is -3.35. The smallest absolute Gasteiger partial charge is 0.251 e. The van der Waals surface area contributed by atoms with Gasteiger partial charge >= 0.3 is 0 Å². The van der Waals surface area contributed by atoms with Crippen LogP contribution in [-0.2, 0) is 4.79 Å². The van der Waals surface area contributed by atoms with E-state index in [2.05, 4.69) is 16.0 Å². The van der Waals surface area contributed by atoms with E-state index in [1.165, 1.54) is 6.42 Å². The van der Waals surface area contributed by atoms with E-state index in [1.807, 2.05) is 0 Å². The molecule has 0 radical (unpaired) electrons. The molecule has 1 aliphatic carbocycles. The fourth-order valence-electron chi connectivity index (χ4n) is 3.39. The summed E-state index contributed by atoms with van der Waals surface area (Å²) in [7, 11) is 0. The zero-order chi connectivity index (χ0) is 20.6. The number of amides is 3. The average molecular weight is 394 g/mol. The van der Waals surface area contributed by atoms with Gasteiger partial charge in [-0.2, -0.15) is 0 Å². The summed E-state index contributed by atoms with van der Waals surface area (Å²) in [6.45, 7) is 0.0339. The molecule has 3 amide bonds. The first-order valence-corrected chi connectivity index (χ1v) is 9.86. The minimum atomic E-state index is -0.522. The van der Waals surface area contributed by atoms with E-state index in [1.54, 1.807) is 48.5 Å². The van der Waals surface area contributed by atoms with Crippen LogP contribution in [0.2, 0.25) is 0 Å². The molecular formula is C22H26N4O3. The van der Waals surface area contributed by atoms with Crippen LogP contribution in [0.1, 0.15) is 52.8 Å². The summed E-state index contributed by atoms with van der Waals surface area (Å²) in [6, 6.07) is 13.7. The van der Waals surface area contributed by atoms with E-state index >= 15 is 0 Å². The molecule has 5 N–H and O–H groups in total. The molecule has 0 heterocycles. The Kier molecular flexibility index (Phi) is 6.84. The fourth-order valence-corrected chi connectivity index (χ4v) is 3.39. The Balaban J connectivity index is 1.48. The largest absolute Gasteiger partial charge is 0.376 e. The zero-order valence-corrected chi connectivity index (χ0v) is 16.2. The third kappa shape index (κ3) is 6.07. The maximum Gasteiger partial charge on any atom is 0.251 e. The van der Waals surface area contributed by atoms with E-state index in [0.29, 0.717) is 22.5 Å². The number of carbonyl (C=O) groups is 3. The second-order valence-electron chi connectivity index (χ2n) is 7.23. The molecule has 29 heavy (non-hydrogen) atoms. The summed E-state index contributed by atoms with van der Waals surface area (Å²) in [6.07, 6.45) is 5.64. The molecule has 0 aliphatic heterocycles. The van der Waals surface area contributed by atoms with Crippen LogP contribution in [0.3, 0.4) is 0 Å². The summed E-state index contributed by atoms with van der Waals surface area (Å²) in [5, 5.41) is 8.80. The van der Waals surface area contributed by atoms with Crippen LogP contribution < -0.4 is 21.7 Å². The van der Waals surface area contributed by atoms with Crippen LogP contribution in [0.15, 0.2) is 48.5 Å². The predicted molar refractivity (Wildman–Crippen MR) is 113 cm³/mol. The van der Waals surface area contributed by atoms with Gasteiger partial charge in [-0.25, -0.2) is 0 Å². The number of hydrogen-bond donors (Lipinski definition) is 4. The van der Waals surface area contributed by atoms with Crippen molar-refractivity contribution in [3.63, 3.8) is 0 Å². The lowest BCUT2D eigenvalue weighted by molar-refractivity contribution is -0.114. The molecule has 2 aromatic rings. The van der Waals surface area contributed by atoms with Crippen molar-refractivity contribution in [3.05, 3.63) is 59.7 Å². The molecule has 0 atom stereocenters. The number of nitrogens with two attached hydrogens (primary N) is 1. The van der Waals surface area contributed by atoms with Gasteiger partial charge in [-0.05, 0) is 55.3 Å². The first-order valence-electron chi connectivity index (χ1n) is 9.86. The van der Waals surface area contributed by atoms with Crippen molar-refractivity contribution < 1.29 is 14.4 Å². The molecule has 1 fully saturated rings. The Labute approximate surface area is 170 Å². The first kappa shape index (κ1) is 20.4. The van der Waals surface area contributed by atoms with E-state index in [-0.39, 0.29) is 24.4 Å². The molecule has 0 aromatic heterocycles. The summed E-state index contributed by atoms with van der Waals surface area (Å²) < 4.78 is 0. The van der Waals surface area contributed by atoms with Gasteiger partial charge in [0.25, 0.3) is 5.91 Å². The van der Waals surface area contributed by atoms with Gasteiger partial charge in [-0.3, -0.25) is 14.4 Å². The maximum atomic E-state index is 12.3. The summed E-state index contributed by atoms with van der Waals surface area (Å²) in [5.41, 5.74) is 7.44. The number of rotatable bonds is 7. The van der Waals surface area contributed by atoms with E-state index in [9.17, 15) is 14.4 Å². The standard InChI is InChI=1S/C22H26N4O3/c23-21(28)16-5-4-8-19(13-16)24-14-20(27)25-18-11-9-15(10-12-18)22(29)26-17-6-2-1-3-7-17/h4-5,8-13,17,24H,1-3,6-7,14H2,(H2,23,28)(H,25,27)(H,26,29). The van der Waals surface area contributed by atoms with Gasteiger partial charge in [-0.15, -0.1) is 0 Å². The highest BCUT2D eigenvalue weighted by Gasteiger charge is 2.16. The third-order valence-corrected chi connectivity index (χ3v) is 4.97. The fraction of sp³-hybridized carbons (Fsp3) is 0.318.